The number of halogens is 1. The lowest BCUT2D eigenvalue weighted by Gasteiger charge is -2.10. The van der Waals surface area contributed by atoms with Crippen LogP contribution in [-0.2, 0) is 6.54 Å². The van der Waals surface area contributed by atoms with Gasteiger partial charge in [0.15, 0.2) is 5.16 Å². The third-order valence-electron chi connectivity index (χ3n) is 2.48. The maximum Gasteiger partial charge on any atom is 0.192 e. The maximum absolute atomic E-state index is 4.21. The van der Waals surface area contributed by atoms with Crippen molar-refractivity contribution in [3.8, 4) is 0 Å². The SMILES string of the molecule is CC(C)NCc1ccc(Sc2ncccn2)cc1Br. The molecule has 0 aliphatic rings. The molecule has 0 amide bonds. The zero-order valence-corrected chi connectivity index (χ0v) is 13.3. The first-order valence-corrected chi connectivity index (χ1v) is 7.73. The quantitative estimate of drug-likeness (QED) is 0.840. The maximum atomic E-state index is 4.21. The summed E-state index contributed by atoms with van der Waals surface area (Å²) in [6.45, 7) is 5.15. The van der Waals surface area contributed by atoms with Crippen molar-refractivity contribution in [3.05, 3.63) is 46.7 Å². The summed E-state index contributed by atoms with van der Waals surface area (Å²) < 4.78 is 1.11. The van der Waals surface area contributed by atoms with Crippen LogP contribution in [0, 0.1) is 0 Å². The van der Waals surface area contributed by atoms with Crippen LogP contribution in [0.1, 0.15) is 19.4 Å². The number of hydrogen-bond donors (Lipinski definition) is 1. The lowest BCUT2D eigenvalue weighted by atomic mass is 10.2. The molecule has 0 fully saturated rings. The van der Waals surface area contributed by atoms with Gasteiger partial charge in [0.2, 0.25) is 0 Å². The van der Waals surface area contributed by atoms with Crippen molar-refractivity contribution in [1.82, 2.24) is 15.3 Å². The Labute approximate surface area is 126 Å². The minimum Gasteiger partial charge on any atom is -0.310 e. The second-order valence-electron chi connectivity index (χ2n) is 4.42. The molecule has 100 valence electrons. The van der Waals surface area contributed by atoms with Crippen LogP contribution < -0.4 is 5.32 Å². The van der Waals surface area contributed by atoms with E-state index in [0.29, 0.717) is 6.04 Å². The van der Waals surface area contributed by atoms with Crippen LogP contribution in [0.5, 0.6) is 0 Å². The van der Waals surface area contributed by atoms with Gasteiger partial charge in [0, 0.05) is 34.3 Å². The summed E-state index contributed by atoms with van der Waals surface area (Å²) in [6.07, 6.45) is 3.51. The summed E-state index contributed by atoms with van der Waals surface area (Å²) in [5.41, 5.74) is 1.26. The highest BCUT2D eigenvalue weighted by molar-refractivity contribution is 9.10. The largest absolute Gasteiger partial charge is 0.310 e. The van der Waals surface area contributed by atoms with Crippen LogP contribution in [-0.4, -0.2) is 16.0 Å². The lowest BCUT2D eigenvalue weighted by Crippen LogP contribution is -2.21. The van der Waals surface area contributed by atoms with Crippen molar-refractivity contribution in [3.63, 3.8) is 0 Å². The Bertz CT molecular complexity index is 531. The van der Waals surface area contributed by atoms with Gasteiger partial charge in [0.05, 0.1) is 0 Å². The predicted octanol–water partition coefficient (Wildman–Crippen LogP) is 3.89. The molecule has 0 bridgehead atoms. The molecule has 3 nitrogen and oxygen atoms in total. The number of nitrogens with one attached hydrogen (secondary N) is 1. The van der Waals surface area contributed by atoms with Crippen LogP contribution in [0.15, 0.2) is 51.2 Å². The molecule has 0 unspecified atom stereocenters. The Kier molecular flexibility index (Phi) is 5.36. The number of aromatic nitrogens is 2. The fourth-order valence-corrected chi connectivity index (χ4v) is 2.91. The minimum atomic E-state index is 0.485. The molecule has 5 heteroatoms. The molecular formula is C14H16BrN3S. The molecule has 1 heterocycles. The van der Waals surface area contributed by atoms with Crippen LogP contribution in [0.4, 0.5) is 0 Å². The van der Waals surface area contributed by atoms with Gasteiger partial charge in [0.1, 0.15) is 0 Å². The second-order valence-corrected chi connectivity index (χ2v) is 6.32. The molecular weight excluding hydrogens is 322 g/mol. The molecule has 0 saturated heterocycles. The van der Waals surface area contributed by atoms with Gasteiger partial charge in [-0.1, -0.05) is 35.8 Å². The molecule has 0 aliphatic carbocycles. The van der Waals surface area contributed by atoms with E-state index in [9.17, 15) is 0 Å². The molecule has 2 aromatic rings. The smallest absolute Gasteiger partial charge is 0.192 e. The van der Waals surface area contributed by atoms with E-state index in [-0.39, 0.29) is 0 Å². The fourth-order valence-electron chi connectivity index (χ4n) is 1.49. The minimum absolute atomic E-state index is 0.485. The van der Waals surface area contributed by atoms with E-state index in [2.05, 4.69) is 63.3 Å². The Morgan fingerprint density at radius 1 is 1.26 bits per heavy atom. The van der Waals surface area contributed by atoms with E-state index >= 15 is 0 Å². The zero-order valence-electron chi connectivity index (χ0n) is 10.9. The Morgan fingerprint density at radius 2 is 2.00 bits per heavy atom. The van der Waals surface area contributed by atoms with Crippen molar-refractivity contribution in [2.24, 2.45) is 0 Å². The topological polar surface area (TPSA) is 37.8 Å². The summed E-state index contributed by atoms with van der Waals surface area (Å²) in [7, 11) is 0. The molecule has 1 aromatic carbocycles. The van der Waals surface area contributed by atoms with Gasteiger partial charge in [-0.3, -0.25) is 0 Å². The number of hydrogen-bond acceptors (Lipinski definition) is 4. The number of nitrogens with zero attached hydrogens (tertiary/aromatic N) is 2. The molecule has 1 N–H and O–H groups in total. The van der Waals surface area contributed by atoms with Crippen LogP contribution >= 0.6 is 27.7 Å². The Hall–Kier alpha value is -0.910. The monoisotopic (exact) mass is 337 g/mol. The molecule has 2 rings (SSSR count). The highest BCUT2D eigenvalue weighted by atomic mass is 79.9. The summed E-state index contributed by atoms with van der Waals surface area (Å²) in [5.74, 6) is 0. The first kappa shape index (κ1) is 14.5. The van der Waals surface area contributed by atoms with Gasteiger partial charge in [-0.2, -0.15) is 0 Å². The molecule has 0 aliphatic heterocycles. The molecule has 1 aromatic heterocycles. The third kappa shape index (κ3) is 4.60. The van der Waals surface area contributed by atoms with Crippen molar-refractivity contribution in [2.45, 2.75) is 36.5 Å². The van der Waals surface area contributed by atoms with Gasteiger partial charge < -0.3 is 5.32 Å². The van der Waals surface area contributed by atoms with Crippen LogP contribution in [0.2, 0.25) is 0 Å². The van der Waals surface area contributed by atoms with Crippen molar-refractivity contribution >= 4 is 27.7 Å². The van der Waals surface area contributed by atoms with Gasteiger partial charge in [-0.05, 0) is 35.5 Å². The second kappa shape index (κ2) is 7.03. The zero-order chi connectivity index (χ0) is 13.7. The van der Waals surface area contributed by atoms with Gasteiger partial charge in [0.25, 0.3) is 0 Å². The van der Waals surface area contributed by atoms with E-state index in [1.165, 1.54) is 5.56 Å². The van der Waals surface area contributed by atoms with Crippen molar-refractivity contribution in [1.29, 1.82) is 0 Å². The van der Waals surface area contributed by atoms with Gasteiger partial charge in [-0.25, -0.2) is 9.97 Å². The Morgan fingerprint density at radius 3 is 2.63 bits per heavy atom. The molecule has 0 saturated carbocycles. The average molecular weight is 338 g/mol. The summed E-state index contributed by atoms with van der Waals surface area (Å²) in [6, 6.07) is 8.64. The first-order chi connectivity index (χ1) is 9.15. The molecule has 0 atom stereocenters. The van der Waals surface area contributed by atoms with Gasteiger partial charge in [-0.15, -0.1) is 0 Å². The first-order valence-electron chi connectivity index (χ1n) is 6.12. The van der Waals surface area contributed by atoms with E-state index in [4.69, 9.17) is 0 Å². The molecule has 19 heavy (non-hydrogen) atoms. The number of rotatable bonds is 5. The highest BCUT2D eigenvalue weighted by Gasteiger charge is 2.05. The van der Waals surface area contributed by atoms with Gasteiger partial charge >= 0.3 is 0 Å². The van der Waals surface area contributed by atoms with E-state index in [1.54, 1.807) is 24.2 Å². The predicted molar refractivity (Wildman–Crippen MR) is 82.3 cm³/mol. The third-order valence-corrected chi connectivity index (χ3v) is 4.10. The van der Waals surface area contributed by atoms with Crippen molar-refractivity contribution in [2.75, 3.05) is 0 Å². The van der Waals surface area contributed by atoms with Crippen molar-refractivity contribution < 1.29 is 0 Å². The summed E-state index contributed by atoms with van der Waals surface area (Å²) in [5, 5.41) is 4.18. The normalized spacial score (nSPS) is 10.9. The summed E-state index contributed by atoms with van der Waals surface area (Å²) in [4.78, 5) is 9.55. The van der Waals surface area contributed by atoms with E-state index in [0.717, 1.165) is 21.1 Å². The average Bonchev–Trinajstić information content (AvgIpc) is 2.39. The fraction of sp³-hybridized carbons (Fsp3) is 0.286. The lowest BCUT2D eigenvalue weighted by molar-refractivity contribution is 0.587. The van der Waals surface area contributed by atoms with E-state index in [1.807, 2.05) is 6.07 Å². The highest BCUT2D eigenvalue weighted by Crippen LogP contribution is 2.28. The number of benzene rings is 1. The Balaban J connectivity index is 2.06. The van der Waals surface area contributed by atoms with Crippen LogP contribution in [0.3, 0.4) is 0 Å². The molecule has 0 radical (unpaired) electrons. The molecule has 0 spiro atoms. The van der Waals surface area contributed by atoms with Crippen LogP contribution in [0.25, 0.3) is 0 Å². The standard InChI is InChI=1S/C14H16BrN3S/c1-10(2)18-9-11-4-5-12(8-13(11)15)19-14-16-6-3-7-17-14/h3-8,10,18H,9H2,1-2H3. The summed E-state index contributed by atoms with van der Waals surface area (Å²) >= 11 is 5.18. The van der Waals surface area contributed by atoms with E-state index < -0.39 is 0 Å².